The van der Waals surface area contributed by atoms with Crippen LogP contribution < -0.4 is 11.1 Å². The van der Waals surface area contributed by atoms with Crippen LogP contribution in [0.1, 0.15) is 11.4 Å². The van der Waals surface area contributed by atoms with Crippen LogP contribution in [-0.4, -0.2) is 56.5 Å². The van der Waals surface area contributed by atoms with Crippen LogP contribution in [0.15, 0.2) is 40.6 Å². The lowest BCUT2D eigenvalue weighted by molar-refractivity contribution is 0.319. The first-order valence-electron chi connectivity index (χ1n) is 8.88. The predicted octanol–water partition coefficient (Wildman–Crippen LogP) is 2.17. The van der Waals surface area contributed by atoms with E-state index in [0.29, 0.717) is 47.9 Å². The van der Waals surface area contributed by atoms with Gasteiger partial charge in [0, 0.05) is 37.0 Å². The van der Waals surface area contributed by atoms with E-state index in [1.54, 1.807) is 12.3 Å². The second kappa shape index (κ2) is 7.92. The number of nitrogens with two attached hydrogens (primary N) is 1. The third kappa shape index (κ3) is 3.92. The molecule has 0 atom stereocenters. The van der Waals surface area contributed by atoms with Crippen LogP contribution in [-0.2, 0) is 6.42 Å². The molecular formula is C18H18ClFN8O. The molecule has 0 amide bonds. The zero-order valence-corrected chi connectivity index (χ0v) is 16.0. The van der Waals surface area contributed by atoms with Crippen LogP contribution >= 0.6 is 11.6 Å². The Morgan fingerprint density at radius 2 is 2.28 bits per heavy atom. The monoisotopic (exact) mass is 416 g/mol. The number of guanidine groups is 1. The molecule has 4 rings (SSSR count). The minimum atomic E-state index is -0.534. The number of aromatic nitrogens is 3. The number of oxime groups is 1. The summed E-state index contributed by atoms with van der Waals surface area (Å²) in [5, 5.41) is 15.8. The van der Waals surface area contributed by atoms with Crippen LogP contribution in [0.4, 0.5) is 10.1 Å². The normalized spacial score (nSPS) is 14.5. The lowest BCUT2D eigenvalue weighted by Gasteiger charge is -2.15. The second-order valence-electron chi connectivity index (χ2n) is 6.42. The number of hydrogen-bond acceptors (Lipinski definition) is 7. The van der Waals surface area contributed by atoms with E-state index in [0.717, 1.165) is 12.4 Å². The Labute approximate surface area is 170 Å². The van der Waals surface area contributed by atoms with E-state index < -0.39 is 5.82 Å². The van der Waals surface area contributed by atoms with Crippen LogP contribution in [0.25, 0.3) is 11.2 Å². The van der Waals surface area contributed by atoms with Crippen molar-refractivity contribution in [3.05, 3.63) is 52.7 Å². The number of hydrogen-bond donors (Lipinski definition) is 4. The lowest BCUT2D eigenvalue weighted by atomic mass is 10.2. The maximum absolute atomic E-state index is 13.4. The van der Waals surface area contributed by atoms with Crippen molar-refractivity contribution in [2.75, 3.05) is 25.0 Å². The van der Waals surface area contributed by atoms with Gasteiger partial charge in [-0.05, 0) is 24.3 Å². The molecule has 0 bridgehead atoms. The Kier molecular flexibility index (Phi) is 5.17. The molecule has 0 spiro atoms. The van der Waals surface area contributed by atoms with Crippen molar-refractivity contribution in [1.82, 2.24) is 19.9 Å². The van der Waals surface area contributed by atoms with Gasteiger partial charge in [-0.15, -0.1) is 0 Å². The zero-order valence-electron chi connectivity index (χ0n) is 15.2. The van der Waals surface area contributed by atoms with Crippen molar-refractivity contribution in [2.45, 2.75) is 6.42 Å². The number of aromatic amines is 1. The number of halogens is 2. The first-order chi connectivity index (χ1) is 14.0. The summed E-state index contributed by atoms with van der Waals surface area (Å²) in [5.74, 6) is 0.873. The molecule has 1 aliphatic heterocycles. The molecule has 0 saturated heterocycles. The number of anilines is 1. The largest absolute Gasteiger partial charge is 0.409 e. The Morgan fingerprint density at radius 1 is 1.41 bits per heavy atom. The Balaban J connectivity index is 1.58. The van der Waals surface area contributed by atoms with Gasteiger partial charge in [0.15, 0.2) is 17.4 Å². The summed E-state index contributed by atoms with van der Waals surface area (Å²) in [6, 6.07) is 5.80. The fourth-order valence-corrected chi connectivity index (χ4v) is 3.28. The Hall–Kier alpha value is -3.40. The van der Waals surface area contributed by atoms with Gasteiger partial charge in [0.25, 0.3) is 0 Å². The van der Waals surface area contributed by atoms with Crippen molar-refractivity contribution in [3.63, 3.8) is 0 Å². The summed E-state index contributed by atoms with van der Waals surface area (Å²) in [4.78, 5) is 18.1. The van der Waals surface area contributed by atoms with Gasteiger partial charge in [0.05, 0.1) is 17.1 Å². The third-order valence-electron chi connectivity index (χ3n) is 4.56. The fourth-order valence-electron chi connectivity index (χ4n) is 3.10. The van der Waals surface area contributed by atoms with E-state index in [1.807, 2.05) is 4.90 Å². The molecule has 150 valence electrons. The van der Waals surface area contributed by atoms with E-state index in [2.05, 4.69) is 30.4 Å². The maximum atomic E-state index is 13.4. The quantitative estimate of drug-likeness (QED) is 0.218. The number of pyridine rings is 1. The summed E-state index contributed by atoms with van der Waals surface area (Å²) in [5.41, 5.74) is 7.96. The molecule has 5 N–H and O–H groups in total. The van der Waals surface area contributed by atoms with Crippen molar-refractivity contribution < 1.29 is 9.60 Å². The number of nitrogens with one attached hydrogen (secondary N) is 2. The molecule has 0 unspecified atom stereocenters. The van der Waals surface area contributed by atoms with Gasteiger partial charge in [0.2, 0.25) is 0 Å². The van der Waals surface area contributed by atoms with Crippen LogP contribution in [0, 0.1) is 5.82 Å². The zero-order chi connectivity index (χ0) is 20.4. The highest BCUT2D eigenvalue weighted by atomic mass is 35.5. The second-order valence-corrected chi connectivity index (χ2v) is 6.83. The molecule has 9 nitrogen and oxygen atoms in total. The molecule has 2 aromatic heterocycles. The van der Waals surface area contributed by atoms with Crippen molar-refractivity contribution in [3.8, 4) is 0 Å². The first kappa shape index (κ1) is 18.9. The summed E-state index contributed by atoms with van der Waals surface area (Å²) in [6.07, 6.45) is 2.19. The van der Waals surface area contributed by atoms with E-state index in [-0.39, 0.29) is 10.9 Å². The number of rotatable bonds is 5. The average molecular weight is 417 g/mol. The van der Waals surface area contributed by atoms with E-state index in [1.165, 1.54) is 18.2 Å². The van der Waals surface area contributed by atoms with E-state index in [4.69, 9.17) is 17.3 Å². The van der Waals surface area contributed by atoms with Gasteiger partial charge < -0.3 is 26.1 Å². The average Bonchev–Trinajstić information content (AvgIpc) is 3.32. The van der Waals surface area contributed by atoms with Gasteiger partial charge >= 0.3 is 0 Å². The van der Waals surface area contributed by atoms with E-state index >= 15 is 0 Å². The lowest BCUT2D eigenvalue weighted by Crippen LogP contribution is -2.35. The van der Waals surface area contributed by atoms with Gasteiger partial charge in [-0.25, -0.2) is 14.4 Å². The smallest absolute Gasteiger partial charge is 0.191 e. The molecule has 0 saturated carbocycles. The molecular weight excluding hydrogens is 399 g/mol. The highest BCUT2D eigenvalue weighted by molar-refractivity contribution is 6.31. The van der Waals surface area contributed by atoms with Crippen molar-refractivity contribution >= 4 is 40.2 Å². The fraction of sp³-hybridized carbons (Fsp3) is 0.222. The molecule has 3 heterocycles. The molecule has 1 aliphatic rings. The van der Waals surface area contributed by atoms with Crippen molar-refractivity contribution in [1.29, 1.82) is 0 Å². The van der Waals surface area contributed by atoms with Gasteiger partial charge in [-0.3, -0.25) is 4.99 Å². The Bertz CT molecular complexity index is 1110. The molecule has 29 heavy (non-hydrogen) atoms. The highest BCUT2D eigenvalue weighted by Crippen LogP contribution is 2.22. The van der Waals surface area contributed by atoms with Crippen LogP contribution in [0.2, 0.25) is 5.02 Å². The molecule has 1 aromatic carbocycles. The SMILES string of the molecule is NC1=NCCN1CCc1nc2nccc(/C(=N/O)Nc3ccc(F)c(Cl)c3)c2[nH]1. The Morgan fingerprint density at radius 3 is 3.00 bits per heavy atom. The number of H-pyrrole nitrogens is 1. The summed E-state index contributed by atoms with van der Waals surface area (Å²) < 4.78 is 13.4. The minimum absolute atomic E-state index is 0.0410. The molecule has 11 heteroatoms. The minimum Gasteiger partial charge on any atom is -0.409 e. The maximum Gasteiger partial charge on any atom is 0.191 e. The topological polar surface area (TPSA) is 128 Å². The first-order valence-corrected chi connectivity index (χ1v) is 9.26. The molecule has 3 aromatic rings. The number of amidine groups is 1. The van der Waals surface area contributed by atoms with Crippen LogP contribution in [0.3, 0.4) is 0 Å². The van der Waals surface area contributed by atoms with Gasteiger partial charge in [-0.2, -0.15) is 0 Å². The number of nitrogens with zero attached hydrogens (tertiary/aromatic N) is 5. The summed E-state index contributed by atoms with van der Waals surface area (Å²) in [7, 11) is 0. The molecule has 0 aliphatic carbocycles. The van der Waals surface area contributed by atoms with Gasteiger partial charge in [0.1, 0.15) is 11.6 Å². The molecule has 0 radical (unpaired) electrons. The highest BCUT2D eigenvalue weighted by Gasteiger charge is 2.17. The summed E-state index contributed by atoms with van der Waals surface area (Å²) >= 11 is 5.82. The summed E-state index contributed by atoms with van der Waals surface area (Å²) in [6.45, 7) is 2.17. The molecule has 0 fully saturated rings. The van der Waals surface area contributed by atoms with Gasteiger partial charge in [-0.1, -0.05) is 16.8 Å². The number of fused-ring (bicyclic) bond motifs is 1. The number of benzene rings is 1. The predicted molar refractivity (Wildman–Crippen MR) is 109 cm³/mol. The van der Waals surface area contributed by atoms with E-state index in [9.17, 15) is 9.60 Å². The third-order valence-corrected chi connectivity index (χ3v) is 4.85. The van der Waals surface area contributed by atoms with Crippen molar-refractivity contribution in [2.24, 2.45) is 15.9 Å². The number of imidazole rings is 1. The number of aliphatic imine (C=N–C) groups is 1. The van der Waals surface area contributed by atoms with Crippen LogP contribution in [0.5, 0.6) is 0 Å². The standard InChI is InChI=1S/C18H18ClFN8O/c19-12-9-10(1-2-13(12)20)24-16(27-29)11-3-5-22-17-15(11)25-14(26-17)4-7-28-8-6-23-18(28)21/h1-3,5,9,29H,4,6-8H2,(H2,21,23)(H,24,27)(H,22,25,26).